The zero-order valence-corrected chi connectivity index (χ0v) is 10.6. The lowest BCUT2D eigenvalue weighted by Gasteiger charge is -2.08. The molecule has 2 aromatic heterocycles. The van der Waals surface area contributed by atoms with Gasteiger partial charge >= 0.3 is 0 Å². The number of aromatic nitrogens is 3. The van der Waals surface area contributed by atoms with Gasteiger partial charge in [0.15, 0.2) is 0 Å². The number of rotatable bonds is 3. The number of nitrogens with zero attached hydrogens (tertiary/aromatic N) is 2. The van der Waals surface area contributed by atoms with E-state index >= 15 is 0 Å². The second kappa shape index (κ2) is 4.36. The van der Waals surface area contributed by atoms with Crippen LogP contribution in [0.2, 0.25) is 0 Å². The second-order valence-corrected chi connectivity index (χ2v) is 5.55. The minimum atomic E-state index is -3.67. The summed E-state index contributed by atoms with van der Waals surface area (Å²) < 4.78 is 27.1. The highest BCUT2D eigenvalue weighted by atomic mass is 32.2. The van der Waals surface area contributed by atoms with Gasteiger partial charge in [-0.1, -0.05) is 6.07 Å². The molecule has 3 aromatic rings. The number of fused-ring (bicyclic) bond motifs is 1. The van der Waals surface area contributed by atoms with Crippen molar-refractivity contribution in [3.63, 3.8) is 0 Å². The molecule has 0 bridgehead atoms. The van der Waals surface area contributed by atoms with Crippen LogP contribution in [0.4, 0.5) is 5.82 Å². The Morgan fingerprint density at radius 3 is 2.74 bits per heavy atom. The topological polar surface area (TPSA) is 87.7 Å². The van der Waals surface area contributed by atoms with Gasteiger partial charge in [0.2, 0.25) is 0 Å². The summed E-state index contributed by atoms with van der Waals surface area (Å²) in [6.45, 7) is 0. The lowest BCUT2D eigenvalue weighted by Crippen LogP contribution is -2.13. The summed E-state index contributed by atoms with van der Waals surface area (Å²) in [5.74, 6) is 0.320. The van der Waals surface area contributed by atoms with Gasteiger partial charge in [-0.2, -0.15) is 5.10 Å². The highest BCUT2D eigenvalue weighted by Gasteiger charge is 2.17. The first-order chi connectivity index (χ1) is 9.17. The van der Waals surface area contributed by atoms with E-state index in [2.05, 4.69) is 19.9 Å². The SMILES string of the molecule is O=S(=O)(Nc1ccn[nH]1)c1cccc2ncccc12. The van der Waals surface area contributed by atoms with E-state index in [1.807, 2.05) is 0 Å². The van der Waals surface area contributed by atoms with Gasteiger partial charge in [-0.15, -0.1) is 0 Å². The van der Waals surface area contributed by atoms with E-state index in [0.717, 1.165) is 0 Å². The third-order valence-electron chi connectivity index (χ3n) is 2.64. The smallest absolute Gasteiger partial charge is 0.263 e. The Bertz CT molecular complexity index is 807. The summed E-state index contributed by atoms with van der Waals surface area (Å²) >= 11 is 0. The molecular formula is C12H10N4O2S. The van der Waals surface area contributed by atoms with Crippen molar-refractivity contribution in [1.29, 1.82) is 0 Å². The van der Waals surface area contributed by atoms with Crippen molar-refractivity contribution in [2.75, 3.05) is 4.72 Å². The molecule has 0 aliphatic rings. The molecule has 96 valence electrons. The number of nitrogens with one attached hydrogen (secondary N) is 2. The predicted molar refractivity (Wildman–Crippen MR) is 71.1 cm³/mol. The largest absolute Gasteiger partial charge is 0.264 e. The fourth-order valence-corrected chi connectivity index (χ4v) is 3.05. The van der Waals surface area contributed by atoms with Gasteiger partial charge in [0.05, 0.1) is 16.6 Å². The molecule has 0 fully saturated rings. The molecule has 0 radical (unpaired) electrons. The summed E-state index contributed by atoms with van der Waals surface area (Å²) in [6.07, 6.45) is 3.10. The highest BCUT2D eigenvalue weighted by molar-refractivity contribution is 7.93. The molecule has 0 aliphatic heterocycles. The molecule has 0 unspecified atom stereocenters. The van der Waals surface area contributed by atoms with E-state index in [9.17, 15) is 8.42 Å². The Morgan fingerprint density at radius 1 is 1.05 bits per heavy atom. The minimum absolute atomic E-state index is 0.188. The molecule has 7 heteroatoms. The van der Waals surface area contributed by atoms with Crippen LogP contribution in [-0.4, -0.2) is 23.6 Å². The molecular weight excluding hydrogens is 264 g/mol. The first-order valence-corrected chi connectivity index (χ1v) is 7.01. The zero-order valence-electron chi connectivity index (χ0n) is 9.74. The highest BCUT2D eigenvalue weighted by Crippen LogP contribution is 2.22. The minimum Gasteiger partial charge on any atom is -0.264 e. The fourth-order valence-electron chi connectivity index (χ4n) is 1.82. The van der Waals surface area contributed by atoms with Crippen molar-refractivity contribution in [1.82, 2.24) is 15.2 Å². The van der Waals surface area contributed by atoms with Crippen LogP contribution in [0.1, 0.15) is 0 Å². The monoisotopic (exact) mass is 274 g/mol. The van der Waals surface area contributed by atoms with Gasteiger partial charge in [0.1, 0.15) is 5.82 Å². The number of sulfonamides is 1. The lowest BCUT2D eigenvalue weighted by molar-refractivity contribution is 0.602. The molecule has 0 aliphatic carbocycles. The molecule has 0 atom stereocenters. The maximum atomic E-state index is 12.3. The van der Waals surface area contributed by atoms with Crippen molar-refractivity contribution in [2.45, 2.75) is 4.90 Å². The third kappa shape index (κ3) is 2.15. The van der Waals surface area contributed by atoms with Crippen LogP contribution in [0.15, 0.2) is 53.7 Å². The molecule has 0 amide bonds. The first-order valence-electron chi connectivity index (χ1n) is 5.53. The van der Waals surface area contributed by atoms with E-state index in [1.165, 1.54) is 6.20 Å². The van der Waals surface area contributed by atoms with Crippen LogP contribution in [0.5, 0.6) is 0 Å². The van der Waals surface area contributed by atoms with E-state index in [0.29, 0.717) is 16.7 Å². The van der Waals surface area contributed by atoms with Crippen LogP contribution in [0, 0.1) is 0 Å². The van der Waals surface area contributed by atoms with Gasteiger partial charge in [-0.05, 0) is 24.3 Å². The number of pyridine rings is 1. The second-order valence-electron chi connectivity index (χ2n) is 3.90. The Labute approximate surface area is 109 Å². The van der Waals surface area contributed by atoms with E-state index in [-0.39, 0.29) is 4.90 Å². The van der Waals surface area contributed by atoms with Crippen molar-refractivity contribution in [3.05, 3.63) is 48.8 Å². The van der Waals surface area contributed by atoms with Crippen molar-refractivity contribution < 1.29 is 8.42 Å². The van der Waals surface area contributed by atoms with Gasteiger partial charge in [0.25, 0.3) is 10.0 Å². The van der Waals surface area contributed by atoms with E-state index < -0.39 is 10.0 Å². The van der Waals surface area contributed by atoms with Gasteiger partial charge < -0.3 is 0 Å². The van der Waals surface area contributed by atoms with Crippen LogP contribution in [0.3, 0.4) is 0 Å². The molecule has 19 heavy (non-hydrogen) atoms. The molecule has 0 spiro atoms. The molecule has 1 aromatic carbocycles. The maximum Gasteiger partial charge on any atom is 0.263 e. The molecule has 0 saturated carbocycles. The number of hydrogen-bond donors (Lipinski definition) is 2. The number of benzene rings is 1. The molecule has 6 nitrogen and oxygen atoms in total. The van der Waals surface area contributed by atoms with Crippen LogP contribution in [0.25, 0.3) is 10.9 Å². The molecule has 3 rings (SSSR count). The van der Waals surface area contributed by atoms with Crippen molar-refractivity contribution in [2.24, 2.45) is 0 Å². The molecule has 2 heterocycles. The quantitative estimate of drug-likeness (QED) is 0.761. The van der Waals surface area contributed by atoms with Gasteiger partial charge in [-0.3, -0.25) is 14.8 Å². The number of aromatic amines is 1. The molecule has 2 N–H and O–H groups in total. The summed E-state index contributed by atoms with van der Waals surface area (Å²) in [5, 5.41) is 6.83. The Balaban J connectivity index is 2.13. The fraction of sp³-hybridized carbons (Fsp3) is 0. The van der Waals surface area contributed by atoms with Gasteiger partial charge in [0, 0.05) is 17.6 Å². The maximum absolute atomic E-state index is 12.3. The van der Waals surface area contributed by atoms with E-state index in [4.69, 9.17) is 0 Å². The normalized spacial score (nSPS) is 11.6. The zero-order chi connectivity index (χ0) is 13.3. The summed E-state index contributed by atoms with van der Waals surface area (Å²) in [5.41, 5.74) is 0.634. The Kier molecular flexibility index (Phi) is 2.68. The Morgan fingerprint density at radius 2 is 1.95 bits per heavy atom. The lowest BCUT2D eigenvalue weighted by atomic mass is 10.2. The number of H-pyrrole nitrogens is 1. The third-order valence-corrected chi connectivity index (χ3v) is 4.06. The summed E-state index contributed by atoms with van der Waals surface area (Å²) in [6, 6.07) is 9.95. The predicted octanol–water partition coefficient (Wildman–Crippen LogP) is 1.76. The van der Waals surface area contributed by atoms with Crippen molar-refractivity contribution >= 4 is 26.7 Å². The van der Waals surface area contributed by atoms with Crippen molar-refractivity contribution in [3.8, 4) is 0 Å². The summed E-state index contributed by atoms with van der Waals surface area (Å²) in [7, 11) is -3.67. The standard InChI is InChI=1S/C12H10N4O2S/c17-19(18,16-12-6-8-14-15-12)11-5-1-4-10-9(11)3-2-7-13-10/h1-8H,(H2,14,15,16). The molecule has 0 saturated heterocycles. The van der Waals surface area contributed by atoms with Gasteiger partial charge in [-0.25, -0.2) is 8.42 Å². The first kappa shape index (κ1) is 11.7. The van der Waals surface area contributed by atoms with Crippen LogP contribution >= 0.6 is 0 Å². The average Bonchev–Trinajstić information content (AvgIpc) is 2.90. The summed E-state index contributed by atoms with van der Waals surface area (Å²) in [4.78, 5) is 4.33. The van der Waals surface area contributed by atoms with Crippen LogP contribution < -0.4 is 4.72 Å². The van der Waals surface area contributed by atoms with E-state index in [1.54, 1.807) is 42.6 Å². The van der Waals surface area contributed by atoms with Crippen LogP contribution in [-0.2, 0) is 10.0 Å². The number of hydrogen-bond acceptors (Lipinski definition) is 4. The Hall–Kier alpha value is -2.41. The number of anilines is 1. The average molecular weight is 274 g/mol.